The fourth-order valence-corrected chi connectivity index (χ4v) is 3.90. The van der Waals surface area contributed by atoms with Crippen molar-refractivity contribution in [2.24, 2.45) is 5.92 Å². The quantitative estimate of drug-likeness (QED) is 0.327. The van der Waals surface area contributed by atoms with Gasteiger partial charge in [-0.3, -0.25) is 29.4 Å². The Balaban J connectivity index is 1.78. The second kappa shape index (κ2) is 8.05. The minimum atomic E-state index is -0.626. The summed E-state index contributed by atoms with van der Waals surface area (Å²) in [6.45, 7) is 4.71. The first kappa shape index (κ1) is 19.9. The number of nitro benzene ring substituents is 1. The third-order valence-electron chi connectivity index (χ3n) is 5.27. The molecule has 9 heteroatoms. The molecule has 0 saturated carbocycles. The molecular formula is C19H23N3O6. The number of non-ortho nitro benzene ring substituents is 1. The summed E-state index contributed by atoms with van der Waals surface area (Å²) in [6.07, 6.45) is 1.48. The van der Waals surface area contributed by atoms with E-state index in [1.165, 1.54) is 18.2 Å². The van der Waals surface area contributed by atoms with E-state index in [2.05, 4.69) is 0 Å². The van der Waals surface area contributed by atoms with E-state index in [1.807, 2.05) is 4.90 Å². The number of rotatable bonds is 5. The van der Waals surface area contributed by atoms with E-state index in [-0.39, 0.29) is 35.8 Å². The standard InChI is InChI=1S/C19H23N3O6/c1-3-28-19(25)13-5-4-8-20(11-13)16-10-17(23)21(18(16)24)15-7-6-14(22(26)27)9-12(15)2/h6-7,9,13,16H,3-5,8,10-11H2,1-2H3/t13-,16+/m1/s1. The molecule has 2 aliphatic rings. The van der Waals surface area contributed by atoms with E-state index < -0.39 is 11.0 Å². The van der Waals surface area contributed by atoms with Gasteiger partial charge in [0.15, 0.2) is 0 Å². The normalized spacial score (nSPS) is 23.1. The molecule has 2 fully saturated rings. The summed E-state index contributed by atoms with van der Waals surface area (Å²) >= 11 is 0. The predicted octanol–water partition coefficient (Wildman–Crippen LogP) is 1.81. The molecule has 0 unspecified atom stereocenters. The number of ether oxygens (including phenoxy) is 1. The van der Waals surface area contributed by atoms with Crippen LogP contribution in [0.5, 0.6) is 0 Å². The first-order valence-electron chi connectivity index (χ1n) is 9.36. The molecule has 28 heavy (non-hydrogen) atoms. The van der Waals surface area contributed by atoms with E-state index in [4.69, 9.17) is 4.74 Å². The molecule has 0 aliphatic carbocycles. The molecule has 9 nitrogen and oxygen atoms in total. The number of aryl methyl sites for hydroxylation is 1. The third-order valence-corrected chi connectivity index (χ3v) is 5.27. The molecule has 3 rings (SSSR count). The number of esters is 1. The SMILES string of the molecule is CCOC(=O)[C@@H]1CCCN([C@H]2CC(=O)N(c3ccc([N+](=O)[O-])cc3C)C2=O)C1. The van der Waals surface area contributed by atoms with E-state index in [0.717, 1.165) is 11.3 Å². The lowest BCUT2D eigenvalue weighted by Crippen LogP contribution is -2.48. The van der Waals surface area contributed by atoms with Crippen LogP contribution in [0.15, 0.2) is 18.2 Å². The number of nitro groups is 1. The van der Waals surface area contributed by atoms with Crippen molar-refractivity contribution in [2.45, 2.75) is 39.2 Å². The van der Waals surface area contributed by atoms with E-state index >= 15 is 0 Å². The fourth-order valence-electron chi connectivity index (χ4n) is 3.90. The summed E-state index contributed by atoms with van der Waals surface area (Å²) < 4.78 is 5.09. The number of amides is 2. The highest BCUT2D eigenvalue weighted by Crippen LogP contribution is 2.32. The van der Waals surface area contributed by atoms with Gasteiger partial charge in [0.1, 0.15) is 0 Å². The van der Waals surface area contributed by atoms with Gasteiger partial charge < -0.3 is 4.74 Å². The van der Waals surface area contributed by atoms with E-state index in [1.54, 1.807) is 13.8 Å². The second-order valence-electron chi connectivity index (χ2n) is 7.10. The smallest absolute Gasteiger partial charge is 0.310 e. The van der Waals surface area contributed by atoms with Crippen LogP contribution in [0, 0.1) is 23.0 Å². The van der Waals surface area contributed by atoms with Crippen molar-refractivity contribution in [1.82, 2.24) is 4.90 Å². The average Bonchev–Trinajstić information content (AvgIpc) is 2.96. The van der Waals surface area contributed by atoms with Crippen molar-refractivity contribution in [1.29, 1.82) is 0 Å². The molecule has 2 atom stereocenters. The second-order valence-corrected chi connectivity index (χ2v) is 7.10. The van der Waals surface area contributed by atoms with Crippen molar-refractivity contribution in [2.75, 3.05) is 24.6 Å². The van der Waals surface area contributed by atoms with Crippen molar-refractivity contribution in [3.63, 3.8) is 0 Å². The van der Waals surface area contributed by atoms with Crippen molar-refractivity contribution in [3.05, 3.63) is 33.9 Å². The maximum Gasteiger partial charge on any atom is 0.310 e. The number of likely N-dealkylation sites (tertiary alicyclic amines) is 1. The number of hydrogen-bond donors (Lipinski definition) is 0. The van der Waals surface area contributed by atoms with Crippen LogP contribution in [0.4, 0.5) is 11.4 Å². The maximum atomic E-state index is 13.0. The lowest BCUT2D eigenvalue weighted by atomic mass is 9.96. The zero-order chi connectivity index (χ0) is 20.4. The van der Waals surface area contributed by atoms with Crippen LogP contribution in [0.1, 0.15) is 31.7 Å². The fraction of sp³-hybridized carbons (Fsp3) is 0.526. The predicted molar refractivity (Wildman–Crippen MR) is 99.7 cm³/mol. The highest BCUT2D eigenvalue weighted by atomic mass is 16.6. The van der Waals surface area contributed by atoms with Crippen LogP contribution in [0.3, 0.4) is 0 Å². The molecule has 0 radical (unpaired) electrons. The molecule has 2 aliphatic heterocycles. The first-order chi connectivity index (χ1) is 13.3. The maximum absolute atomic E-state index is 13.0. The Labute approximate surface area is 162 Å². The summed E-state index contributed by atoms with van der Waals surface area (Å²) in [5.74, 6) is -1.27. The van der Waals surface area contributed by atoms with Crippen LogP contribution in [0.25, 0.3) is 0 Å². The zero-order valence-corrected chi connectivity index (χ0v) is 15.9. The number of carbonyl (C=O) groups is 3. The number of carbonyl (C=O) groups excluding carboxylic acids is 3. The highest BCUT2D eigenvalue weighted by molar-refractivity contribution is 6.22. The third kappa shape index (κ3) is 3.75. The summed E-state index contributed by atoms with van der Waals surface area (Å²) in [5.41, 5.74) is 0.756. The van der Waals surface area contributed by atoms with Gasteiger partial charge in [0.25, 0.3) is 11.6 Å². The Morgan fingerprint density at radius 3 is 2.75 bits per heavy atom. The number of nitrogens with zero attached hydrogens (tertiary/aromatic N) is 3. The molecule has 0 spiro atoms. The number of anilines is 1. The van der Waals surface area contributed by atoms with Gasteiger partial charge in [-0.1, -0.05) is 0 Å². The van der Waals surface area contributed by atoms with Crippen molar-refractivity contribution < 1.29 is 24.0 Å². The monoisotopic (exact) mass is 389 g/mol. The Bertz CT molecular complexity index is 824. The molecule has 2 amide bonds. The van der Waals surface area contributed by atoms with Gasteiger partial charge in [-0.05, 0) is 44.9 Å². The minimum Gasteiger partial charge on any atom is -0.466 e. The number of piperidine rings is 1. The molecule has 0 aromatic heterocycles. The minimum absolute atomic E-state index is 0.0325. The number of benzene rings is 1. The van der Waals surface area contributed by atoms with E-state index in [9.17, 15) is 24.5 Å². The van der Waals surface area contributed by atoms with Gasteiger partial charge in [0, 0.05) is 18.7 Å². The van der Waals surface area contributed by atoms with Gasteiger partial charge in [-0.25, -0.2) is 4.90 Å². The zero-order valence-electron chi connectivity index (χ0n) is 15.9. The van der Waals surface area contributed by atoms with Gasteiger partial charge in [0.05, 0.1) is 35.6 Å². The Kier molecular flexibility index (Phi) is 5.73. The van der Waals surface area contributed by atoms with Crippen LogP contribution in [0.2, 0.25) is 0 Å². The van der Waals surface area contributed by atoms with Gasteiger partial charge in [-0.2, -0.15) is 0 Å². The summed E-state index contributed by atoms with van der Waals surface area (Å²) in [5, 5.41) is 10.9. The number of hydrogen-bond acceptors (Lipinski definition) is 7. The molecule has 1 aromatic rings. The van der Waals surface area contributed by atoms with Crippen molar-refractivity contribution in [3.8, 4) is 0 Å². The molecule has 1 aromatic carbocycles. The highest BCUT2D eigenvalue weighted by Gasteiger charge is 2.45. The average molecular weight is 389 g/mol. The summed E-state index contributed by atoms with van der Waals surface area (Å²) in [4.78, 5) is 51.0. The lowest BCUT2D eigenvalue weighted by molar-refractivity contribution is -0.384. The Hall–Kier alpha value is -2.81. The molecule has 0 bridgehead atoms. The van der Waals surface area contributed by atoms with Crippen LogP contribution < -0.4 is 4.90 Å². The largest absolute Gasteiger partial charge is 0.466 e. The lowest BCUT2D eigenvalue weighted by Gasteiger charge is -2.34. The first-order valence-corrected chi connectivity index (χ1v) is 9.36. The van der Waals surface area contributed by atoms with Gasteiger partial charge in [-0.15, -0.1) is 0 Å². The van der Waals surface area contributed by atoms with Crippen LogP contribution >= 0.6 is 0 Å². The van der Waals surface area contributed by atoms with Crippen LogP contribution in [-0.4, -0.2) is 53.3 Å². The molecule has 0 N–H and O–H groups in total. The molecule has 150 valence electrons. The van der Waals surface area contributed by atoms with Crippen molar-refractivity contribution >= 4 is 29.2 Å². The Morgan fingerprint density at radius 1 is 1.36 bits per heavy atom. The Morgan fingerprint density at radius 2 is 2.11 bits per heavy atom. The summed E-state index contributed by atoms with van der Waals surface area (Å²) in [6, 6.07) is 3.44. The van der Waals surface area contributed by atoms with Gasteiger partial charge >= 0.3 is 5.97 Å². The topological polar surface area (TPSA) is 110 Å². The van der Waals surface area contributed by atoms with Gasteiger partial charge in [0.2, 0.25) is 5.91 Å². The number of imide groups is 1. The van der Waals surface area contributed by atoms with Crippen LogP contribution in [-0.2, 0) is 19.1 Å². The van der Waals surface area contributed by atoms with E-state index in [0.29, 0.717) is 37.4 Å². The molecule has 2 saturated heterocycles. The molecular weight excluding hydrogens is 366 g/mol. The molecule has 2 heterocycles. The summed E-state index contributed by atoms with van der Waals surface area (Å²) in [7, 11) is 0.